The minimum absolute atomic E-state index is 0.148. The standard InChI is InChI=1S/C24H27FN4O4S/c1-15(2)22(26-23-18-6-4-5-7-21(18)34(32,33)27-23)24(31)29-12-10-28(11-13-29)20-9-8-17(16(3)30)14-19(20)25/h4-9,14-15,22H,10-13H2,1-3H3,(H,26,27)/t22-/m0/s1. The number of carbonyl (C=O) groups is 2. The number of amides is 1. The molecule has 0 aromatic heterocycles. The maximum Gasteiger partial charge on any atom is 0.263 e. The molecule has 2 aromatic carbocycles. The number of hydrogen-bond donors (Lipinski definition) is 1. The second kappa shape index (κ2) is 9.17. The molecule has 8 nitrogen and oxygen atoms in total. The summed E-state index contributed by atoms with van der Waals surface area (Å²) in [6.07, 6.45) is 0. The molecule has 1 atom stereocenters. The van der Waals surface area contributed by atoms with Crippen LogP contribution in [0.3, 0.4) is 0 Å². The molecule has 0 aliphatic carbocycles. The third kappa shape index (κ3) is 4.54. The van der Waals surface area contributed by atoms with Gasteiger partial charge in [-0.05, 0) is 43.2 Å². The van der Waals surface area contributed by atoms with Crippen LogP contribution in [-0.4, -0.2) is 63.1 Å². The summed E-state index contributed by atoms with van der Waals surface area (Å²) in [4.78, 5) is 33.0. The Labute approximate surface area is 198 Å². The van der Waals surface area contributed by atoms with E-state index in [1.54, 1.807) is 35.2 Å². The van der Waals surface area contributed by atoms with Crippen LogP contribution in [0, 0.1) is 11.7 Å². The Balaban J connectivity index is 1.50. The van der Waals surface area contributed by atoms with Crippen molar-refractivity contribution in [3.05, 3.63) is 59.4 Å². The highest BCUT2D eigenvalue weighted by atomic mass is 32.2. The quantitative estimate of drug-likeness (QED) is 0.655. The molecule has 1 saturated heterocycles. The van der Waals surface area contributed by atoms with Crippen molar-refractivity contribution < 1.29 is 22.4 Å². The number of carbonyl (C=O) groups excluding carboxylic acids is 2. The lowest BCUT2D eigenvalue weighted by Crippen LogP contribution is -2.52. The zero-order valence-corrected chi connectivity index (χ0v) is 20.1. The summed E-state index contributed by atoms with van der Waals surface area (Å²) in [6.45, 7) is 6.74. The second-order valence-electron chi connectivity index (χ2n) is 8.80. The van der Waals surface area contributed by atoms with Crippen LogP contribution in [0.25, 0.3) is 0 Å². The number of aliphatic imine (C=N–C) groups is 1. The van der Waals surface area contributed by atoms with Crippen LogP contribution in [0.15, 0.2) is 52.4 Å². The van der Waals surface area contributed by atoms with Crippen molar-refractivity contribution in [3.63, 3.8) is 0 Å². The molecule has 180 valence electrons. The number of anilines is 1. The third-order valence-corrected chi connectivity index (χ3v) is 7.50. The Morgan fingerprint density at radius 1 is 1.06 bits per heavy atom. The number of piperazine rings is 1. The lowest BCUT2D eigenvalue weighted by molar-refractivity contribution is -0.133. The van der Waals surface area contributed by atoms with E-state index in [9.17, 15) is 22.4 Å². The molecular weight excluding hydrogens is 459 g/mol. The molecule has 1 fully saturated rings. The molecule has 1 N–H and O–H groups in total. The molecule has 2 heterocycles. The van der Waals surface area contributed by atoms with Gasteiger partial charge in [-0.25, -0.2) is 12.8 Å². The monoisotopic (exact) mass is 486 g/mol. The van der Waals surface area contributed by atoms with Crippen molar-refractivity contribution in [2.45, 2.75) is 31.7 Å². The molecule has 0 unspecified atom stereocenters. The summed E-state index contributed by atoms with van der Waals surface area (Å²) in [5, 5.41) is 0. The fourth-order valence-electron chi connectivity index (χ4n) is 4.20. The Kier molecular flexibility index (Phi) is 6.44. The van der Waals surface area contributed by atoms with Gasteiger partial charge in [0.05, 0.1) is 10.6 Å². The molecule has 10 heteroatoms. The van der Waals surface area contributed by atoms with Crippen molar-refractivity contribution in [2.24, 2.45) is 10.9 Å². The fraction of sp³-hybridized carbons (Fsp3) is 0.375. The van der Waals surface area contributed by atoms with E-state index < -0.39 is 21.9 Å². The number of rotatable bonds is 5. The number of nitrogens with zero attached hydrogens (tertiary/aromatic N) is 3. The zero-order valence-electron chi connectivity index (χ0n) is 19.3. The van der Waals surface area contributed by atoms with E-state index in [0.29, 0.717) is 43.0 Å². The Bertz CT molecular complexity index is 1270. The number of Topliss-reactive ketones (excluding diaryl/α,β-unsaturated/α-hetero) is 1. The van der Waals surface area contributed by atoms with Crippen molar-refractivity contribution in [1.29, 1.82) is 0 Å². The van der Waals surface area contributed by atoms with E-state index in [-0.39, 0.29) is 28.3 Å². The number of ketones is 1. The van der Waals surface area contributed by atoms with E-state index in [0.717, 1.165) is 0 Å². The van der Waals surface area contributed by atoms with Gasteiger partial charge in [-0.1, -0.05) is 26.0 Å². The first-order valence-corrected chi connectivity index (χ1v) is 12.6. The topological polar surface area (TPSA) is 99.2 Å². The van der Waals surface area contributed by atoms with Crippen molar-refractivity contribution in [1.82, 2.24) is 9.62 Å². The molecule has 34 heavy (non-hydrogen) atoms. The van der Waals surface area contributed by atoms with Crippen molar-refractivity contribution >= 4 is 33.2 Å². The average Bonchev–Trinajstić information content (AvgIpc) is 3.07. The number of amidine groups is 1. The Morgan fingerprint density at radius 3 is 2.35 bits per heavy atom. The number of nitrogens with one attached hydrogen (secondary N) is 1. The normalized spacial score (nSPS) is 19.1. The van der Waals surface area contributed by atoms with E-state index in [1.807, 2.05) is 18.7 Å². The van der Waals surface area contributed by atoms with Gasteiger partial charge >= 0.3 is 0 Å². The van der Waals surface area contributed by atoms with E-state index in [1.165, 1.54) is 19.1 Å². The minimum atomic E-state index is -3.70. The number of benzene rings is 2. The molecule has 2 aliphatic rings. The van der Waals surface area contributed by atoms with Gasteiger partial charge in [0, 0.05) is 37.3 Å². The Morgan fingerprint density at radius 2 is 1.74 bits per heavy atom. The van der Waals surface area contributed by atoms with E-state index >= 15 is 0 Å². The fourth-order valence-corrected chi connectivity index (χ4v) is 5.43. The second-order valence-corrected chi connectivity index (χ2v) is 10.5. The van der Waals surface area contributed by atoms with Gasteiger partial charge in [0.15, 0.2) is 5.78 Å². The number of halogens is 1. The highest BCUT2D eigenvalue weighted by molar-refractivity contribution is 7.90. The van der Waals surface area contributed by atoms with Gasteiger partial charge < -0.3 is 9.80 Å². The summed E-state index contributed by atoms with van der Waals surface area (Å²) < 4.78 is 41.8. The number of hydrogen-bond acceptors (Lipinski definition) is 6. The van der Waals surface area contributed by atoms with Gasteiger partial charge in [0.1, 0.15) is 17.7 Å². The summed E-state index contributed by atoms with van der Waals surface area (Å²) in [6, 6.07) is 10.2. The summed E-state index contributed by atoms with van der Waals surface area (Å²) in [7, 11) is -3.70. The smallest absolute Gasteiger partial charge is 0.263 e. The van der Waals surface area contributed by atoms with Crippen LogP contribution in [0.5, 0.6) is 0 Å². The molecule has 0 radical (unpaired) electrons. The van der Waals surface area contributed by atoms with Crippen LogP contribution < -0.4 is 9.62 Å². The van der Waals surface area contributed by atoms with Gasteiger partial charge in [0.25, 0.3) is 10.0 Å². The highest BCUT2D eigenvalue weighted by Gasteiger charge is 2.34. The molecule has 2 aliphatic heterocycles. The summed E-state index contributed by atoms with van der Waals surface area (Å²) >= 11 is 0. The summed E-state index contributed by atoms with van der Waals surface area (Å²) in [5.74, 6) is -0.848. The molecule has 0 bridgehead atoms. The molecule has 2 aromatic rings. The largest absolute Gasteiger partial charge is 0.366 e. The predicted molar refractivity (Wildman–Crippen MR) is 127 cm³/mol. The van der Waals surface area contributed by atoms with Crippen LogP contribution in [0.4, 0.5) is 10.1 Å². The van der Waals surface area contributed by atoms with Crippen LogP contribution >= 0.6 is 0 Å². The lowest BCUT2D eigenvalue weighted by Gasteiger charge is -2.37. The molecule has 0 saturated carbocycles. The van der Waals surface area contributed by atoms with Gasteiger partial charge in [-0.3, -0.25) is 19.3 Å². The van der Waals surface area contributed by atoms with Crippen molar-refractivity contribution in [3.8, 4) is 0 Å². The van der Waals surface area contributed by atoms with E-state index in [2.05, 4.69) is 9.71 Å². The maximum atomic E-state index is 14.5. The average molecular weight is 487 g/mol. The van der Waals surface area contributed by atoms with E-state index in [4.69, 9.17) is 0 Å². The van der Waals surface area contributed by atoms with Gasteiger partial charge in [-0.15, -0.1) is 0 Å². The highest BCUT2D eigenvalue weighted by Crippen LogP contribution is 2.25. The van der Waals surface area contributed by atoms with Crippen molar-refractivity contribution in [2.75, 3.05) is 31.1 Å². The summed E-state index contributed by atoms with van der Waals surface area (Å²) in [5.41, 5.74) is 1.17. The number of fused-ring (bicyclic) bond motifs is 1. The Hall–Kier alpha value is -3.27. The third-order valence-electron chi connectivity index (χ3n) is 6.10. The molecular formula is C24H27FN4O4S. The molecule has 4 rings (SSSR count). The first-order chi connectivity index (χ1) is 16.1. The van der Waals surface area contributed by atoms with Crippen LogP contribution in [0.2, 0.25) is 0 Å². The SMILES string of the molecule is CC(=O)c1ccc(N2CCN(C(=O)[C@@H](N=C3NS(=O)(=O)c4ccccc43)C(C)C)CC2)c(F)c1. The molecule has 1 amide bonds. The minimum Gasteiger partial charge on any atom is -0.366 e. The first-order valence-electron chi connectivity index (χ1n) is 11.1. The maximum absolute atomic E-state index is 14.5. The first kappa shape index (κ1) is 23.9. The van der Waals surface area contributed by atoms with Crippen LogP contribution in [-0.2, 0) is 14.8 Å². The molecule has 0 spiro atoms. The van der Waals surface area contributed by atoms with Crippen LogP contribution in [0.1, 0.15) is 36.7 Å². The number of sulfonamides is 1. The van der Waals surface area contributed by atoms with Gasteiger partial charge in [-0.2, -0.15) is 0 Å². The van der Waals surface area contributed by atoms with Gasteiger partial charge in [0.2, 0.25) is 5.91 Å². The lowest BCUT2D eigenvalue weighted by atomic mass is 10.0. The zero-order chi connectivity index (χ0) is 24.6. The predicted octanol–water partition coefficient (Wildman–Crippen LogP) is 2.44.